The summed E-state index contributed by atoms with van der Waals surface area (Å²) in [5.74, 6) is 0. The van der Waals surface area contributed by atoms with Crippen LogP contribution in [0, 0.1) is 6.92 Å². The third kappa shape index (κ3) is 4.74. The van der Waals surface area contributed by atoms with Crippen LogP contribution < -0.4 is 5.32 Å². The maximum Gasteiger partial charge on any atom is 0.0453 e. The number of nitrogens with one attached hydrogen (secondary N) is 1. The number of rotatable bonds is 6. The van der Waals surface area contributed by atoms with Gasteiger partial charge < -0.3 is 5.32 Å². The van der Waals surface area contributed by atoms with Gasteiger partial charge in [-0.1, -0.05) is 66.0 Å². The van der Waals surface area contributed by atoms with Crippen LogP contribution >= 0.6 is 23.2 Å². The van der Waals surface area contributed by atoms with Crippen LogP contribution in [0.25, 0.3) is 0 Å². The normalized spacial score (nSPS) is 12.4. The van der Waals surface area contributed by atoms with Gasteiger partial charge in [-0.25, -0.2) is 0 Å². The van der Waals surface area contributed by atoms with Gasteiger partial charge in [-0.3, -0.25) is 0 Å². The molecule has 2 rings (SSSR count). The van der Waals surface area contributed by atoms with E-state index in [0.29, 0.717) is 6.04 Å². The van der Waals surface area contributed by atoms with Crippen LogP contribution in [-0.2, 0) is 12.8 Å². The average Bonchev–Trinajstić information content (AvgIpc) is 2.45. The molecule has 0 aliphatic rings. The summed E-state index contributed by atoms with van der Waals surface area (Å²) in [5.41, 5.74) is 3.64. The summed E-state index contributed by atoms with van der Waals surface area (Å²) < 4.78 is 0. The Balaban J connectivity index is 2.13. The molecule has 0 fully saturated rings. The van der Waals surface area contributed by atoms with Crippen molar-refractivity contribution in [2.45, 2.75) is 32.7 Å². The van der Waals surface area contributed by atoms with E-state index in [1.54, 1.807) is 0 Å². The first-order chi connectivity index (χ1) is 10.1. The van der Waals surface area contributed by atoms with E-state index in [1.165, 1.54) is 11.1 Å². The van der Waals surface area contributed by atoms with Crippen molar-refractivity contribution in [1.82, 2.24) is 5.32 Å². The van der Waals surface area contributed by atoms with Gasteiger partial charge in [-0.2, -0.15) is 0 Å². The highest BCUT2D eigenvalue weighted by atomic mass is 35.5. The van der Waals surface area contributed by atoms with Gasteiger partial charge in [0, 0.05) is 16.1 Å². The van der Waals surface area contributed by atoms with Gasteiger partial charge in [-0.15, -0.1) is 0 Å². The fourth-order valence-corrected chi connectivity index (χ4v) is 3.04. The Morgan fingerprint density at radius 2 is 1.57 bits per heavy atom. The zero-order valence-corrected chi connectivity index (χ0v) is 14.0. The van der Waals surface area contributed by atoms with Crippen LogP contribution in [0.3, 0.4) is 0 Å². The van der Waals surface area contributed by atoms with E-state index in [9.17, 15) is 0 Å². The van der Waals surface area contributed by atoms with E-state index in [4.69, 9.17) is 23.2 Å². The third-order valence-corrected chi connectivity index (χ3v) is 4.32. The maximum absolute atomic E-state index is 6.29. The number of hydrogen-bond acceptors (Lipinski definition) is 1. The van der Waals surface area contributed by atoms with Crippen molar-refractivity contribution in [2.75, 3.05) is 6.54 Å². The second-order valence-electron chi connectivity index (χ2n) is 5.35. The van der Waals surface area contributed by atoms with Gasteiger partial charge >= 0.3 is 0 Å². The van der Waals surface area contributed by atoms with Crippen LogP contribution in [0.4, 0.5) is 0 Å². The molecule has 2 aromatic carbocycles. The molecule has 2 aromatic rings. The summed E-state index contributed by atoms with van der Waals surface area (Å²) in [6.45, 7) is 5.16. The van der Waals surface area contributed by atoms with Crippen LogP contribution in [0.15, 0.2) is 42.5 Å². The molecular weight excluding hydrogens is 301 g/mol. The Bertz CT molecular complexity index is 558. The van der Waals surface area contributed by atoms with Crippen LogP contribution in [0.2, 0.25) is 10.0 Å². The molecule has 1 nitrogen and oxygen atoms in total. The summed E-state index contributed by atoms with van der Waals surface area (Å²) in [7, 11) is 0. The summed E-state index contributed by atoms with van der Waals surface area (Å²) in [5, 5.41) is 5.02. The first-order valence-electron chi connectivity index (χ1n) is 7.32. The lowest BCUT2D eigenvalue weighted by Gasteiger charge is -2.19. The summed E-state index contributed by atoms with van der Waals surface area (Å²) >= 11 is 12.6. The first kappa shape index (κ1) is 16.4. The van der Waals surface area contributed by atoms with E-state index in [1.807, 2.05) is 18.2 Å². The Morgan fingerprint density at radius 3 is 2.14 bits per heavy atom. The van der Waals surface area contributed by atoms with Gasteiger partial charge in [0.25, 0.3) is 0 Å². The van der Waals surface area contributed by atoms with Gasteiger partial charge in [0.15, 0.2) is 0 Å². The highest BCUT2D eigenvalue weighted by Gasteiger charge is 2.14. The highest BCUT2D eigenvalue weighted by Crippen LogP contribution is 2.26. The monoisotopic (exact) mass is 321 g/mol. The molecule has 1 atom stereocenters. The number of aryl methyl sites for hydroxylation is 1. The molecule has 0 bridgehead atoms. The topological polar surface area (TPSA) is 12.0 Å². The molecule has 0 aromatic heterocycles. The number of hydrogen-bond donors (Lipinski definition) is 1. The number of halogens is 2. The third-order valence-electron chi connectivity index (χ3n) is 3.61. The molecule has 3 heteroatoms. The van der Waals surface area contributed by atoms with Gasteiger partial charge in [0.05, 0.1) is 0 Å². The predicted octanol–water partition coefficient (Wildman–Crippen LogP) is 5.07. The van der Waals surface area contributed by atoms with Crippen LogP contribution in [0.1, 0.15) is 23.6 Å². The molecule has 0 saturated carbocycles. The summed E-state index contributed by atoms with van der Waals surface area (Å²) in [6.07, 6.45) is 1.80. The Hall–Kier alpha value is -1.02. The molecule has 1 N–H and O–H groups in total. The molecule has 0 amide bonds. The fourth-order valence-electron chi connectivity index (χ4n) is 2.49. The lowest BCUT2D eigenvalue weighted by molar-refractivity contribution is 0.521. The van der Waals surface area contributed by atoms with Crippen molar-refractivity contribution < 1.29 is 0 Å². The fraction of sp³-hybridized carbons (Fsp3) is 0.333. The molecule has 0 aliphatic carbocycles. The molecule has 21 heavy (non-hydrogen) atoms. The first-order valence-corrected chi connectivity index (χ1v) is 8.07. The number of likely N-dealkylation sites (N-methyl/N-ethyl adjacent to an activating group) is 1. The van der Waals surface area contributed by atoms with Crippen molar-refractivity contribution in [2.24, 2.45) is 0 Å². The smallest absolute Gasteiger partial charge is 0.0453 e. The lowest BCUT2D eigenvalue weighted by Crippen LogP contribution is -2.33. The van der Waals surface area contributed by atoms with Gasteiger partial charge in [0.2, 0.25) is 0 Å². The van der Waals surface area contributed by atoms with Crippen molar-refractivity contribution >= 4 is 23.2 Å². The maximum atomic E-state index is 6.29. The summed E-state index contributed by atoms with van der Waals surface area (Å²) in [4.78, 5) is 0. The lowest BCUT2D eigenvalue weighted by atomic mass is 9.98. The molecule has 0 spiro atoms. The summed E-state index contributed by atoms with van der Waals surface area (Å²) in [6, 6.07) is 14.7. The minimum absolute atomic E-state index is 0.329. The standard InChI is InChI=1S/C18H21Cl2N/c1-3-21-15(11-14-9-7-13(2)8-10-14)12-16-17(19)5-4-6-18(16)20/h4-10,15,21H,3,11-12H2,1-2H3. The molecule has 0 heterocycles. The molecular formula is C18H21Cl2N. The van der Waals surface area contributed by atoms with E-state index in [2.05, 4.69) is 43.4 Å². The second kappa shape index (κ2) is 7.84. The molecule has 0 radical (unpaired) electrons. The zero-order chi connectivity index (χ0) is 15.2. The quantitative estimate of drug-likeness (QED) is 0.783. The highest BCUT2D eigenvalue weighted by molar-refractivity contribution is 6.36. The SMILES string of the molecule is CCNC(Cc1ccc(C)cc1)Cc1c(Cl)cccc1Cl. The minimum Gasteiger partial charge on any atom is -0.314 e. The molecule has 1 unspecified atom stereocenters. The van der Waals surface area contributed by atoms with Crippen molar-refractivity contribution in [3.05, 3.63) is 69.2 Å². The Kier molecular flexibility index (Phi) is 6.10. The molecule has 0 saturated heterocycles. The van der Waals surface area contributed by atoms with Crippen molar-refractivity contribution in [3.63, 3.8) is 0 Å². The van der Waals surface area contributed by atoms with Crippen molar-refractivity contribution in [1.29, 1.82) is 0 Å². The largest absolute Gasteiger partial charge is 0.314 e. The second-order valence-corrected chi connectivity index (χ2v) is 6.16. The van der Waals surface area contributed by atoms with Gasteiger partial charge in [-0.05, 0) is 49.6 Å². The Labute approximate surface area is 137 Å². The van der Waals surface area contributed by atoms with E-state index >= 15 is 0 Å². The zero-order valence-electron chi connectivity index (χ0n) is 12.5. The number of benzene rings is 2. The van der Waals surface area contributed by atoms with Crippen LogP contribution in [0.5, 0.6) is 0 Å². The Morgan fingerprint density at radius 1 is 0.952 bits per heavy atom. The van der Waals surface area contributed by atoms with E-state index in [-0.39, 0.29) is 0 Å². The van der Waals surface area contributed by atoms with Gasteiger partial charge in [0.1, 0.15) is 0 Å². The van der Waals surface area contributed by atoms with E-state index in [0.717, 1.165) is 35.0 Å². The minimum atomic E-state index is 0.329. The average molecular weight is 322 g/mol. The molecule has 0 aliphatic heterocycles. The van der Waals surface area contributed by atoms with E-state index < -0.39 is 0 Å². The van der Waals surface area contributed by atoms with Crippen molar-refractivity contribution in [3.8, 4) is 0 Å². The predicted molar refractivity (Wildman–Crippen MR) is 92.5 cm³/mol. The molecule has 112 valence electrons. The van der Waals surface area contributed by atoms with Crippen LogP contribution in [-0.4, -0.2) is 12.6 Å².